The lowest BCUT2D eigenvalue weighted by Crippen LogP contribution is -2.29. The van der Waals surface area contributed by atoms with Gasteiger partial charge in [0.2, 0.25) is 5.91 Å². The van der Waals surface area contributed by atoms with E-state index in [9.17, 15) is 4.79 Å². The molecule has 0 saturated heterocycles. The van der Waals surface area contributed by atoms with Crippen molar-refractivity contribution in [2.24, 2.45) is 0 Å². The van der Waals surface area contributed by atoms with E-state index in [4.69, 9.17) is 0 Å². The molecule has 0 aliphatic rings. The van der Waals surface area contributed by atoms with Crippen LogP contribution in [0.3, 0.4) is 0 Å². The average Bonchev–Trinajstić information content (AvgIpc) is 3.14. The van der Waals surface area contributed by atoms with Gasteiger partial charge in [-0.2, -0.15) is 0 Å². The van der Waals surface area contributed by atoms with Crippen LogP contribution < -0.4 is 5.32 Å². The van der Waals surface area contributed by atoms with Crippen LogP contribution in [0, 0.1) is 6.92 Å². The van der Waals surface area contributed by atoms with Crippen molar-refractivity contribution in [3.63, 3.8) is 0 Å². The summed E-state index contributed by atoms with van der Waals surface area (Å²) in [5.74, 6) is 1.46. The summed E-state index contributed by atoms with van der Waals surface area (Å²) in [4.78, 5) is 12.3. The standard InChI is InChI=1S/C22H26N4OS/c1-4-26-21(19-13-9-8-10-16(19)2)24-25-22(26)28-15-20(27)23-14-17(3)18-11-6-5-7-12-18/h5-13,17H,4,14-15H2,1-3H3,(H,23,27)/t17-/m0/s1. The van der Waals surface area contributed by atoms with Crippen molar-refractivity contribution >= 4 is 17.7 Å². The highest BCUT2D eigenvalue weighted by molar-refractivity contribution is 7.99. The maximum atomic E-state index is 12.3. The monoisotopic (exact) mass is 394 g/mol. The second-order valence-electron chi connectivity index (χ2n) is 6.77. The maximum absolute atomic E-state index is 12.3. The molecular formula is C22H26N4OS. The van der Waals surface area contributed by atoms with E-state index >= 15 is 0 Å². The lowest BCUT2D eigenvalue weighted by molar-refractivity contribution is -0.118. The maximum Gasteiger partial charge on any atom is 0.230 e. The molecule has 0 aliphatic carbocycles. The quantitative estimate of drug-likeness (QED) is 0.579. The smallest absolute Gasteiger partial charge is 0.230 e. The van der Waals surface area contributed by atoms with Crippen LogP contribution in [-0.2, 0) is 11.3 Å². The molecule has 3 aromatic rings. The van der Waals surface area contributed by atoms with Gasteiger partial charge in [0.25, 0.3) is 0 Å². The number of hydrogen-bond donors (Lipinski definition) is 1. The number of nitrogens with zero attached hydrogens (tertiary/aromatic N) is 3. The Kier molecular flexibility index (Phi) is 6.87. The zero-order valence-corrected chi connectivity index (χ0v) is 17.4. The van der Waals surface area contributed by atoms with Crippen molar-refractivity contribution in [3.8, 4) is 11.4 Å². The molecule has 5 nitrogen and oxygen atoms in total. The van der Waals surface area contributed by atoms with Crippen molar-refractivity contribution in [1.82, 2.24) is 20.1 Å². The Hall–Kier alpha value is -2.60. The van der Waals surface area contributed by atoms with Gasteiger partial charge >= 0.3 is 0 Å². The van der Waals surface area contributed by atoms with E-state index in [-0.39, 0.29) is 11.8 Å². The van der Waals surface area contributed by atoms with Gasteiger partial charge in [-0.1, -0.05) is 73.3 Å². The predicted molar refractivity (Wildman–Crippen MR) is 114 cm³/mol. The Morgan fingerprint density at radius 1 is 1.11 bits per heavy atom. The van der Waals surface area contributed by atoms with Crippen LogP contribution in [0.5, 0.6) is 0 Å². The molecule has 0 bridgehead atoms. The Labute approximate surface area is 170 Å². The number of amides is 1. The lowest BCUT2D eigenvalue weighted by atomic mass is 10.0. The third-order valence-corrected chi connectivity index (χ3v) is 5.69. The van der Waals surface area contributed by atoms with Crippen LogP contribution in [0.25, 0.3) is 11.4 Å². The normalized spacial score (nSPS) is 12.0. The summed E-state index contributed by atoms with van der Waals surface area (Å²) in [6.07, 6.45) is 0. The van der Waals surface area contributed by atoms with Crippen LogP contribution in [0.1, 0.15) is 30.9 Å². The number of aromatic nitrogens is 3. The van der Waals surface area contributed by atoms with E-state index in [1.54, 1.807) is 0 Å². The summed E-state index contributed by atoms with van der Waals surface area (Å²) in [5, 5.41) is 12.5. The minimum atomic E-state index is 0.0101. The fourth-order valence-electron chi connectivity index (χ4n) is 3.05. The van der Waals surface area contributed by atoms with Gasteiger partial charge < -0.3 is 9.88 Å². The number of carbonyl (C=O) groups excluding carboxylic acids is 1. The molecule has 0 aliphatic heterocycles. The molecular weight excluding hydrogens is 368 g/mol. The SMILES string of the molecule is CCn1c(SCC(=O)NC[C@H](C)c2ccccc2)nnc1-c1ccccc1C. The Bertz CT molecular complexity index is 923. The van der Waals surface area contributed by atoms with Crippen LogP contribution in [-0.4, -0.2) is 33.0 Å². The highest BCUT2D eigenvalue weighted by Gasteiger charge is 2.16. The zero-order valence-electron chi connectivity index (χ0n) is 16.6. The number of nitrogens with one attached hydrogen (secondary N) is 1. The third kappa shape index (κ3) is 4.81. The van der Waals surface area contributed by atoms with Crippen LogP contribution in [0.2, 0.25) is 0 Å². The van der Waals surface area contributed by atoms with Crippen molar-refractivity contribution < 1.29 is 4.79 Å². The third-order valence-electron chi connectivity index (χ3n) is 4.73. The molecule has 0 spiro atoms. The molecule has 1 N–H and O–H groups in total. The first kappa shape index (κ1) is 20.1. The molecule has 0 radical (unpaired) electrons. The fourth-order valence-corrected chi connectivity index (χ4v) is 3.88. The average molecular weight is 395 g/mol. The molecule has 2 aromatic carbocycles. The first-order valence-corrected chi connectivity index (χ1v) is 10.5. The number of benzene rings is 2. The number of carbonyl (C=O) groups is 1. The molecule has 1 aromatic heterocycles. The summed E-state index contributed by atoms with van der Waals surface area (Å²) in [6.45, 7) is 7.63. The van der Waals surface area contributed by atoms with Gasteiger partial charge in [-0.3, -0.25) is 4.79 Å². The van der Waals surface area contributed by atoms with Gasteiger partial charge in [-0.05, 0) is 30.9 Å². The van der Waals surface area contributed by atoms with Gasteiger partial charge in [0.05, 0.1) is 5.75 Å². The van der Waals surface area contributed by atoms with Crippen molar-refractivity contribution in [3.05, 3.63) is 65.7 Å². The van der Waals surface area contributed by atoms with Crippen molar-refractivity contribution in [2.75, 3.05) is 12.3 Å². The molecule has 1 amide bonds. The molecule has 0 saturated carbocycles. The van der Waals surface area contributed by atoms with E-state index < -0.39 is 0 Å². The van der Waals surface area contributed by atoms with Gasteiger partial charge in [0, 0.05) is 18.7 Å². The number of hydrogen-bond acceptors (Lipinski definition) is 4. The van der Waals surface area contributed by atoms with Crippen LogP contribution in [0.15, 0.2) is 59.8 Å². The second kappa shape index (κ2) is 9.55. The van der Waals surface area contributed by atoms with Crippen LogP contribution >= 0.6 is 11.8 Å². The molecule has 1 atom stereocenters. The highest BCUT2D eigenvalue weighted by Crippen LogP contribution is 2.26. The van der Waals surface area contributed by atoms with E-state index in [2.05, 4.69) is 65.1 Å². The molecule has 0 fully saturated rings. The van der Waals surface area contributed by atoms with Crippen molar-refractivity contribution in [2.45, 2.75) is 38.4 Å². The van der Waals surface area contributed by atoms with Crippen molar-refractivity contribution in [1.29, 1.82) is 0 Å². The molecule has 6 heteroatoms. The van der Waals surface area contributed by atoms with Gasteiger partial charge in [-0.25, -0.2) is 0 Å². The van der Waals surface area contributed by atoms with E-state index in [0.29, 0.717) is 12.3 Å². The second-order valence-corrected chi connectivity index (χ2v) is 7.71. The number of thioether (sulfide) groups is 1. The first-order chi connectivity index (χ1) is 13.6. The van der Waals surface area contributed by atoms with Gasteiger partial charge in [0.1, 0.15) is 0 Å². The minimum Gasteiger partial charge on any atom is -0.355 e. The summed E-state index contributed by atoms with van der Waals surface area (Å²) < 4.78 is 2.06. The number of aryl methyl sites for hydroxylation is 1. The summed E-state index contributed by atoms with van der Waals surface area (Å²) in [6, 6.07) is 18.4. The molecule has 0 unspecified atom stereocenters. The highest BCUT2D eigenvalue weighted by atomic mass is 32.2. The van der Waals surface area contributed by atoms with E-state index in [1.807, 2.05) is 30.3 Å². The fraction of sp³-hybridized carbons (Fsp3) is 0.318. The Morgan fingerprint density at radius 2 is 1.82 bits per heavy atom. The molecule has 1 heterocycles. The molecule has 146 valence electrons. The zero-order chi connectivity index (χ0) is 19.9. The topological polar surface area (TPSA) is 59.8 Å². The Balaban J connectivity index is 1.59. The van der Waals surface area contributed by atoms with Gasteiger partial charge in [-0.15, -0.1) is 10.2 Å². The Morgan fingerprint density at radius 3 is 2.54 bits per heavy atom. The van der Waals surface area contributed by atoms with E-state index in [0.717, 1.165) is 28.7 Å². The van der Waals surface area contributed by atoms with E-state index in [1.165, 1.54) is 17.3 Å². The number of rotatable bonds is 8. The summed E-state index contributed by atoms with van der Waals surface area (Å²) >= 11 is 1.43. The predicted octanol–water partition coefficient (Wildman–Crippen LogP) is 4.29. The first-order valence-electron chi connectivity index (χ1n) is 9.53. The van der Waals surface area contributed by atoms with Crippen LogP contribution in [0.4, 0.5) is 0 Å². The lowest BCUT2D eigenvalue weighted by Gasteiger charge is -2.13. The molecule has 3 rings (SSSR count). The largest absolute Gasteiger partial charge is 0.355 e. The summed E-state index contributed by atoms with van der Waals surface area (Å²) in [5.41, 5.74) is 3.46. The minimum absolute atomic E-state index is 0.0101. The molecule has 28 heavy (non-hydrogen) atoms. The summed E-state index contributed by atoms with van der Waals surface area (Å²) in [7, 11) is 0. The van der Waals surface area contributed by atoms with Gasteiger partial charge in [0.15, 0.2) is 11.0 Å².